The minimum atomic E-state index is -5.50. The number of amides is 3. The van der Waals surface area contributed by atoms with Gasteiger partial charge in [-0.25, -0.2) is 14.6 Å². The molecule has 4 rings (SSSR count). The number of terminal acetylenes is 1. The van der Waals surface area contributed by atoms with Crippen LogP contribution < -0.4 is 11.1 Å². The van der Waals surface area contributed by atoms with Crippen LogP contribution in [0.4, 0.5) is 18.3 Å². The second-order valence-electron chi connectivity index (χ2n) is 8.28. The zero-order valence-electron chi connectivity index (χ0n) is 19.9. The Balaban J connectivity index is 1.62. The summed E-state index contributed by atoms with van der Waals surface area (Å²) in [6.45, 7) is 0.278. The highest BCUT2D eigenvalue weighted by Gasteiger charge is 2.55. The molecule has 4 N–H and O–H groups in total. The molecule has 3 aliphatic heterocycles. The van der Waals surface area contributed by atoms with Crippen molar-refractivity contribution >= 4 is 63.6 Å². The van der Waals surface area contributed by atoms with Crippen LogP contribution in [0.25, 0.3) is 0 Å². The van der Waals surface area contributed by atoms with Crippen LogP contribution in [0.5, 0.6) is 0 Å². The molecule has 3 amide bonds. The number of nitrogens with zero attached hydrogens (tertiary/aromatic N) is 4. The number of nitrogen functional groups attached to an aromatic ring is 1. The van der Waals surface area contributed by atoms with Gasteiger partial charge in [0.25, 0.3) is 17.7 Å². The highest BCUT2D eigenvalue weighted by molar-refractivity contribution is 8.00. The number of ether oxygens (including phenoxy) is 1. The molecule has 2 saturated heterocycles. The van der Waals surface area contributed by atoms with Gasteiger partial charge in [0.1, 0.15) is 22.8 Å². The first kappa shape index (κ1) is 28.6. The number of esters is 2. The lowest BCUT2D eigenvalue weighted by molar-refractivity contribution is -0.201. The molecule has 1 aromatic heterocycles. The van der Waals surface area contributed by atoms with Crippen LogP contribution in [-0.4, -0.2) is 91.8 Å². The fraction of sp³-hybridized carbons (Fsp3) is 0.318. The third-order valence-corrected chi connectivity index (χ3v) is 7.79. The molecule has 2 atom stereocenters. The molecule has 13 nitrogen and oxygen atoms in total. The third kappa shape index (κ3) is 5.37. The van der Waals surface area contributed by atoms with E-state index in [-0.39, 0.29) is 47.2 Å². The van der Waals surface area contributed by atoms with Crippen molar-refractivity contribution in [3.63, 3.8) is 0 Å². The lowest BCUT2D eigenvalue weighted by Gasteiger charge is -2.49. The number of aromatic nitrogens is 1. The molecular weight excluding hydrogens is 581 g/mol. The largest absolute Gasteiger partial charge is 0.491 e. The summed E-state index contributed by atoms with van der Waals surface area (Å²) >= 11 is 1.97. The Hall–Kier alpha value is -4.37. The van der Waals surface area contributed by atoms with Crippen LogP contribution in [0.1, 0.15) is 12.1 Å². The van der Waals surface area contributed by atoms with Crippen molar-refractivity contribution in [2.75, 3.05) is 24.6 Å². The van der Waals surface area contributed by atoms with E-state index in [1.54, 1.807) is 0 Å². The van der Waals surface area contributed by atoms with Crippen molar-refractivity contribution in [1.29, 1.82) is 0 Å². The first-order valence-corrected chi connectivity index (χ1v) is 13.0. The molecule has 0 unspecified atom stereocenters. The molecule has 0 spiro atoms. The highest BCUT2D eigenvalue weighted by atomic mass is 32.2. The number of carbonyl (C=O) groups is 5. The number of nitrogens with one attached hydrogen (secondary N) is 1. The van der Waals surface area contributed by atoms with Gasteiger partial charge in [0.2, 0.25) is 0 Å². The number of allylic oxidation sites excluding steroid dienone is 1. The summed E-state index contributed by atoms with van der Waals surface area (Å²) in [5.41, 5.74) is 4.34. The second kappa shape index (κ2) is 11.0. The maximum Gasteiger partial charge on any atom is 0.491 e. The van der Waals surface area contributed by atoms with Gasteiger partial charge in [-0.3, -0.25) is 19.3 Å². The summed E-state index contributed by atoms with van der Waals surface area (Å²) in [7, 11) is 0. The molecule has 210 valence electrons. The normalized spacial score (nSPS) is 22.1. The zero-order valence-corrected chi connectivity index (χ0v) is 21.6. The zero-order chi connectivity index (χ0) is 29.4. The van der Waals surface area contributed by atoms with E-state index in [2.05, 4.69) is 26.1 Å². The predicted octanol–water partition coefficient (Wildman–Crippen LogP) is -0.0184. The molecular formula is C22H17F3N6O7S2. The number of thioether (sulfide) groups is 1. The monoisotopic (exact) mass is 598 g/mol. The molecule has 0 radical (unpaired) electrons. The summed E-state index contributed by atoms with van der Waals surface area (Å²) in [5.74, 6) is -4.77. The molecule has 0 bridgehead atoms. The standard InChI is InChI=1S/C22H17F3N6O7S2/c1-2-4-30-5-3-9(16(30)33)6-10-7-39-18-13(28-15(32)12(29-37)11-8-40-21(26)27-11)17(34)31(18)14(10)19(35)38-20(36)22(23,24)25/h1,6,8,13,18,37H,3-5,7H2,(H2,26,27)(H,28,32)/b9-6?,29-12-/t13-,18-/m1/s1. The van der Waals surface area contributed by atoms with E-state index in [1.807, 2.05) is 0 Å². The van der Waals surface area contributed by atoms with Crippen LogP contribution in [0.15, 0.2) is 33.5 Å². The topological polar surface area (TPSA) is 185 Å². The second-order valence-corrected chi connectivity index (χ2v) is 10.3. The number of nitrogens with two attached hydrogens (primary N) is 1. The molecule has 40 heavy (non-hydrogen) atoms. The lowest BCUT2D eigenvalue weighted by atomic mass is 10.0. The Morgan fingerprint density at radius 3 is 2.70 bits per heavy atom. The fourth-order valence-electron chi connectivity index (χ4n) is 4.02. The van der Waals surface area contributed by atoms with Crippen molar-refractivity contribution in [3.05, 3.63) is 34.0 Å². The van der Waals surface area contributed by atoms with Gasteiger partial charge in [0.15, 0.2) is 10.8 Å². The van der Waals surface area contributed by atoms with Crippen LogP contribution >= 0.6 is 23.1 Å². The van der Waals surface area contributed by atoms with E-state index in [0.29, 0.717) is 0 Å². The summed E-state index contributed by atoms with van der Waals surface area (Å²) in [5, 5.41) is 14.9. The van der Waals surface area contributed by atoms with Gasteiger partial charge in [-0.1, -0.05) is 11.1 Å². The van der Waals surface area contributed by atoms with E-state index >= 15 is 0 Å². The minimum absolute atomic E-state index is 0.0135. The number of halogens is 3. The van der Waals surface area contributed by atoms with Gasteiger partial charge >= 0.3 is 18.1 Å². The minimum Gasteiger partial charge on any atom is -0.410 e. The van der Waals surface area contributed by atoms with Gasteiger partial charge in [-0.05, 0) is 18.1 Å². The Labute approximate surface area is 230 Å². The number of fused-ring (bicyclic) bond motifs is 1. The van der Waals surface area contributed by atoms with Crippen LogP contribution in [0.2, 0.25) is 0 Å². The van der Waals surface area contributed by atoms with Crippen molar-refractivity contribution in [3.8, 4) is 12.3 Å². The number of likely N-dealkylation sites (tertiary alicyclic amines) is 1. The SMILES string of the molecule is C#CCN1CCC(=CC2=C(C(=O)OC(=O)C(F)(F)F)N3C(=O)[C@@H](NC(=O)/C(=N\O)c4csc(N)n4)[C@H]3SC2)C1=O. The molecule has 4 heterocycles. The van der Waals surface area contributed by atoms with Gasteiger partial charge in [-0.2, -0.15) is 13.2 Å². The number of β-lactam (4-membered cyclic amide) rings is 1. The fourth-order valence-corrected chi connectivity index (χ4v) is 5.88. The van der Waals surface area contributed by atoms with Crippen LogP contribution in [0.3, 0.4) is 0 Å². The van der Waals surface area contributed by atoms with Gasteiger partial charge in [0.05, 0.1) is 6.54 Å². The van der Waals surface area contributed by atoms with Gasteiger partial charge < -0.3 is 25.9 Å². The van der Waals surface area contributed by atoms with Crippen molar-refractivity contribution in [1.82, 2.24) is 20.1 Å². The Kier molecular flexibility index (Phi) is 7.88. The summed E-state index contributed by atoms with van der Waals surface area (Å²) < 4.78 is 42.4. The lowest BCUT2D eigenvalue weighted by Crippen LogP contribution is -2.71. The number of rotatable bonds is 6. The summed E-state index contributed by atoms with van der Waals surface area (Å²) in [4.78, 5) is 68.4. The van der Waals surface area contributed by atoms with Crippen molar-refractivity contribution in [2.45, 2.75) is 24.0 Å². The predicted molar refractivity (Wildman–Crippen MR) is 132 cm³/mol. The van der Waals surface area contributed by atoms with Gasteiger partial charge in [-0.15, -0.1) is 29.5 Å². The molecule has 0 aromatic carbocycles. The van der Waals surface area contributed by atoms with E-state index in [0.717, 1.165) is 28.0 Å². The van der Waals surface area contributed by atoms with Crippen LogP contribution in [0, 0.1) is 12.3 Å². The molecule has 3 aliphatic rings. The smallest absolute Gasteiger partial charge is 0.410 e. The average Bonchev–Trinajstić information content (AvgIpc) is 3.47. The number of anilines is 1. The average molecular weight is 599 g/mol. The molecule has 18 heteroatoms. The summed E-state index contributed by atoms with van der Waals surface area (Å²) in [6.07, 6.45) is 1.20. The first-order chi connectivity index (χ1) is 18.9. The van der Waals surface area contributed by atoms with Crippen molar-refractivity contribution < 1.29 is 47.1 Å². The number of oxime groups is 1. The van der Waals surface area contributed by atoms with E-state index in [9.17, 15) is 42.4 Å². The Morgan fingerprint density at radius 1 is 1.38 bits per heavy atom. The maximum absolute atomic E-state index is 13.1. The van der Waals surface area contributed by atoms with Gasteiger partial charge in [0, 0.05) is 23.3 Å². The van der Waals surface area contributed by atoms with E-state index in [4.69, 9.17) is 12.2 Å². The molecule has 1 aromatic rings. The molecule has 0 aliphatic carbocycles. The third-order valence-electron chi connectivity index (χ3n) is 5.82. The van der Waals surface area contributed by atoms with Crippen LogP contribution in [-0.2, 0) is 28.7 Å². The quantitative estimate of drug-likeness (QED) is 0.0588. The highest BCUT2D eigenvalue weighted by Crippen LogP contribution is 2.42. The van der Waals surface area contributed by atoms with Crippen molar-refractivity contribution in [2.24, 2.45) is 5.16 Å². The molecule has 2 fully saturated rings. The van der Waals surface area contributed by atoms with E-state index < -0.39 is 58.7 Å². The number of carbonyl (C=O) groups excluding carboxylic acids is 5. The number of alkyl halides is 3. The van der Waals surface area contributed by atoms with E-state index in [1.165, 1.54) is 16.4 Å². The Bertz CT molecular complexity index is 1440. The maximum atomic E-state index is 13.1. The number of hydrogen-bond acceptors (Lipinski definition) is 12. The Morgan fingerprint density at radius 2 is 2.10 bits per heavy atom. The number of hydrogen-bond donors (Lipinski definition) is 3. The number of thiazole rings is 1. The summed E-state index contributed by atoms with van der Waals surface area (Å²) in [6, 6.07) is -1.31. The first-order valence-electron chi connectivity index (χ1n) is 11.1. The molecule has 0 saturated carbocycles.